The molecule has 0 bridgehead atoms. The maximum absolute atomic E-state index is 5.32. The van der Waals surface area contributed by atoms with Crippen molar-refractivity contribution < 1.29 is 4.74 Å². The molecule has 1 aliphatic heterocycles. The number of hydrogen-bond acceptors (Lipinski definition) is 5. The minimum Gasteiger partial charge on any atom is -0.379 e. The highest BCUT2D eigenvalue weighted by Crippen LogP contribution is 2.15. The van der Waals surface area contributed by atoms with Crippen molar-refractivity contribution in [2.24, 2.45) is 0 Å². The quantitative estimate of drug-likeness (QED) is 0.802. The van der Waals surface area contributed by atoms with Crippen LogP contribution in [-0.4, -0.2) is 49.3 Å². The van der Waals surface area contributed by atoms with E-state index in [1.54, 1.807) is 11.3 Å². The molecule has 2 heterocycles. The van der Waals surface area contributed by atoms with Gasteiger partial charge >= 0.3 is 0 Å². The average Bonchev–Trinajstić information content (AvgIpc) is 2.66. The third kappa shape index (κ3) is 4.03. The Morgan fingerprint density at radius 2 is 2.12 bits per heavy atom. The fourth-order valence-electron chi connectivity index (χ4n) is 1.87. The third-order valence-corrected chi connectivity index (χ3v) is 4.13. The lowest BCUT2D eigenvalue weighted by molar-refractivity contribution is 0.0384. The van der Waals surface area contributed by atoms with Crippen LogP contribution in [-0.2, 0) is 11.3 Å². The van der Waals surface area contributed by atoms with Gasteiger partial charge < -0.3 is 10.1 Å². The highest BCUT2D eigenvalue weighted by Gasteiger charge is 2.09. The molecule has 1 aromatic rings. The SMILES string of the molecule is Cc1nc(CNCCN2CCOCC2)sc1C. The predicted molar refractivity (Wildman–Crippen MR) is 70.6 cm³/mol. The third-order valence-electron chi connectivity index (χ3n) is 3.06. The van der Waals surface area contributed by atoms with Crippen molar-refractivity contribution in [1.82, 2.24) is 15.2 Å². The van der Waals surface area contributed by atoms with Crippen LogP contribution in [0.3, 0.4) is 0 Å². The molecule has 1 aromatic heterocycles. The minimum absolute atomic E-state index is 0.880. The summed E-state index contributed by atoms with van der Waals surface area (Å²) in [6.07, 6.45) is 0. The van der Waals surface area contributed by atoms with E-state index in [2.05, 4.69) is 29.0 Å². The molecule has 4 nitrogen and oxygen atoms in total. The van der Waals surface area contributed by atoms with Crippen LogP contribution in [0.15, 0.2) is 0 Å². The molecule has 1 fully saturated rings. The number of aromatic nitrogens is 1. The summed E-state index contributed by atoms with van der Waals surface area (Å²) in [5.41, 5.74) is 1.17. The van der Waals surface area contributed by atoms with Gasteiger partial charge in [-0.2, -0.15) is 0 Å². The predicted octanol–water partition coefficient (Wildman–Crippen LogP) is 1.18. The Morgan fingerprint density at radius 3 is 2.76 bits per heavy atom. The highest BCUT2D eigenvalue weighted by atomic mass is 32.1. The highest BCUT2D eigenvalue weighted by molar-refractivity contribution is 7.11. The molecule has 0 atom stereocenters. The Hall–Kier alpha value is -0.490. The summed E-state index contributed by atoms with van der Waals surface area (Å²) in [5.74, 6) is 0. The number of thiazole rings is 1. The van der Waals surface area contributed by atoms with Gasteiger partial charge in [0, 0.05) is 37.6 Å². The first-order valence-electron chi connectivity index (χ1n) is 6.19. The summed E-state index contributed by atoms with van der Waals surface area (Å²) in [4.78, 5) is 8.28. The zero-order valence-corrected chi connectivity index (χ0v) is 11.5. The van der Waals surface area contributed by atoms with Crippen molar-refractivity contribution in [2.75, 3.05) is 39.4 Å². The van der Waals surface area contributed by atoms with Crippen LogP contribution in [0.2, 0.25) is 0 Å². The number of aryl methyl sites for hydroxylation is 2. The zero-order chi connectivity index (χ0) is 12.1. The molecule has 0 aliphatic carbocycles. The molecule has 1 aliphatic rings. The molecule has 0 spiro atoms. The van der Waals surface area contributed by atoms with Gasteiger partial charge in [0.2, 0.25) is 0 Å². The number of rotatable bonds is 5. The van der Waals surface area contributed by atoms with Crippen molar-refractivity contribution in [3.8, 4) is 0 Å². The van der Waals surface area contributed by atoms with E-state index >= 15 is 0 Å². The first kappa shape index (κ1) is 13.0. The summed E-state index contributed by atoms with van der Waals surface area (Å²) < 4.78 is 5.32. The summed E-state index contributed by atoms with van der Waals surface area (Å²) >= 11 is 1.79. The monoisotopic (exact) mass is 255 g/mol. The Labute approximate surface area is 107 Å². The normalized spacial score (nSPS) is 17.5. The zero-order valence-electron chi connectivity index (χ0n) is 10.7. The number of nitrogens with one attached hydrogen (secondary N) is 1. The molecular weight excluding hydrogens is 234 g/mol. The number of ether oxygens (including phenoxy) is 1. The van der Waals surface area contributed by atoms with E-state index < -0.39 is 0 Å². The van der Waals surface area contributed by atoms with Gasteiger partial charge in [-0.15, -0.1) is 11.3 Å². The number of morpholine rings is 1. The van der Waals surface area contributed by atoms with Crippen molar-refractivity contribution in [3.05, 3.63) is 15.6 Å². The van der Waals surface area contributed by atoms with Gasteiger partial charge in [-0.05, 0) is 13.8 Å². The van der Waals surface area contributed by atoms with Gasteiger partial charge in [0.15, 0.2) is 0 Å². The van der Waals surface area contributed by atoms with Gasteiger partial charge in [-0.1, -0.05) is 0 Å². The largest absolute Gasteiger partial charge is 0.379 e. The molecule has 5 heteroatoms. The van der Waals surface area contributed by atoms with E-state index in [0.29, 0.717) is 0 Å². The van der Waals surface area contributed by atoms with Crippen LogP contribution >= 0.6 is 11.3 Å². The van der Waals surface area contributed by atoms with Crippen molar-refractivity contribution in [2.45, 2.75) is 20.4 Å². The lowest BCUT2D eigenvalue weighted by atomic mass is 10.4. The first-order chi connectivity index (χ1) is 8.25. The first-order valence-corrected chi connectivity index (χ1v) is 7.01. The fourth-order valence-corrected chi connectivity index (χ4v) is 2.78. The Bertz CT molecular complexity index is 328. The van der Waals surface area contributed by atoms with Gasteiger partial charge in [-0.25, -0.2) is 4.98 Å². The van der Waals surface area contributed by atoms with Crippen LogP contribution in [0.5, 0.6) is 0 Å². The summed E-state index contributed by atoms with van der Waals surface area (Å²) in [7, 11) is 0. The van der Waals surface area contributed by atoms with Crippen LogP contribution in [0, 0.1) is 13.8 Å². The average molecular weight is 255 g/mol. The molecular formula is C12H21N3OS. The van der Waals surface area contributed by atoms with Crippen LogP contribution in [0.1, 0.15) is 15.6 Å². The lowest BCUT2D eigenvalue weighted by Gasteiger charge is -2.26. The van der Waals surface area contributed by atoms with Gasteiger partial charge in [0.25, 0.3) is 0 Å². The second-order valence-corrected chi connectivity index (χ2v) is 5.67. The van der Waals surface area contributed by atoms with Gasteiger partial charge in [0.1, 0.15) is 5.01 Å². The lowest BCUT2D eigenvalue weighted by Crippen LogP contribution is -2.40. The van der Waals surface area contributed by atoms with Gasteiger partial charge in [0.05, 0.1) is 18.9 Å². The fraction of sp³-hybridized carbons (Fsp3) is 0.750. The van der Waals surface area contributed by atoms with Crippen molar-refractivity contribution in [1.29, 1.82) is 0 Å². The molecule has 0 unspecified atom stereocenters. The maximum atomic E-state index is 5.32. The Morgan fingerprint density at radius 1 is 1.35 bits per heavy atom. The summed E-state index contributed by atoms with van der Waals surface area (Å²) in [6, 6.07) is 0. The van der Waals surface area contributed by atoms with E-state index in [1.807, 2.05) is 0 Å². The summed E-state index contributed by atoms with van der Waals surface area (Å²) in [5, 5.41) is 4.65. The molecule has 0 radical (unpaired) electrons. The molecule has 0 saturated carbocycles. The molecule has 2 rings (SSSR count). The smallest absolute Gasteiger partial charge is 0.107 e. The van der Waals surface area contributed by atoms with Crippen LogP contribution < -0.4 is 5.32 Å². The topological polar surface area (TPSA) is 37.4 Å². The minimum atomic E-state index is 0.880. The second-order valence-electron chi connectivity index (χ2n) is 4.38. The summed E-state index contributed by atoms with van der Waals surface area (Å²) in [6.45, 7) is 11.1. The van der Waals surface area contributed by atoms with Crippen LogP contribution in [0.25, 0.3) is 0 Å². The molecule has 0 amide bonds. The Balaban J connectivity index is 1.62. The van der Waals surface area contributed by atoms with Crippen molar-refractivity contribution >= 4 is 11.3 Å². The number of hydrogen-bond donors (Lipinski definition) is 1. The van der Waals surface area contributed by atoms with E-state index in [9.17, 15) is 0 Å². The maximum Gasteiger partial charge on any atom is 0.107 e. The second kappa shape index (κ2) is 6.44. The van der Waals surface area contributed by atoms with Gasteiger partial charge in [-0.3, -0.25) is 4.90 Å². The van der Waals surface area contributed by atoms with E-state index in [-0.39, 0.29) is 0 Å². The number of nitrogens with zero attached hydrogens (tertiary/aromatic N) is 2. The molecule has 17 heavy (non-hydrogen) atoms. The molecule has 1 N–H and O–H groups in total. The molecule has 1 saturated heterocycles. The van der Waals surface area contributed by atoms with E-state index in [0.717, 1.165) is 45.9 Å². The molecule has 0 aromatic carbocycles. The van der Waals surface area contributed by atoms with Crippen LogP contribution in [0.4, 0.5) is 0 Å². The molecule has 96 valence electrons. The standard InChI is InChI=1S/C12H21N3OS/c1-10-11(2)17-12(14-10)9-13-3-4-15-5-7-16-8-6-15/h13H,3-9H2,1-2H3. The Kier molecular flexibility index (Phi) is 4.91. The van der Waals surface area contributed by atoms with E-state index in [1.165, 1.54) is 15.6 Å². The van der Waals surface area contributed by atoms with Crippen molar-refractivity contribution in [3.63, 3.8) is 0 Å². The van der Waals surface area contributed by atoms with E-state index in [4.69, 9.17) is 4.74 Å².